The third kappa shape index (κ3) is 11.8. The second-order valence-electron chi connectivity index (χ2n) is 12.1. The monoisotopic (exact) mass is 641 g/mol. The van der Waals surface area contributed by atoms with Crippen LogP contribution in [0.3, 0.4) is 0 Å². The average molecular weight is 642 g/mol. The fraction of sp³-hybridized carbons (Fsp3) is 0.500. The van der Waals surface area contributed by atoms with E-state index in [4.69, 9.17) is 14.2 Å². The van der Waals surface area contributed by atoms with E-state index in [1.807, 2.05) is 18.2 Å². The first-order valence-electron chi connectivity index (χ1n) is 15.6. The molecule has 0 bridgehead atoms. The Morgan fingerprint density at radius 2 is 1.61 bits per heavy atom. The molecule has 12 heteroatoms. The number of aliphatic hydroxyl groups excluding tert-OH is 3. The third-order valence-electron chi connectivity index (χ3n) is 7.19. The molecule has 0 aromatic heterocycles. The highest BCUT2D eigenvalue weighted by Crippen LogP contribution is 2.27. The zero-order valence-corrected chi connectivity index (χ0v) is 26.8. The lowest BCUT2D eigenvalue weighted by molar-refractivity contribution is -0.216. The first-order chi connectivity index (χ1) is 21.9. The van der Waals surface area contributed by atoms with Gasteiger partial charge in [-0.1, -0.05) is 37.6 Å². The summed E-state index contributed by atoms with van der Waals surface area (Å²) < 4.78 is 16.7. The summed E-state index contributed by atoms with van der Waals surface area (Å²) in [5.74, 6) is -0.0608. The zero-order chi connectivity index (χ0) is 33.7. The first-order valence-corrected chi connectivity index (χ1v) is 15.6. The maximum Gasteiger partial charge on any atom is 0.410 e. The molecule has 12 nitrogen and oxygen atoms in total. The molecule has 1 fully saturated rings. The Morgan fingerprint density at radius 3 is 2.26 bits per heavy atom. The number of ether oxygens (including phenoxy) is 3. The van der Waals surface area contributed by atoms with Crippen molar-refractivity contribution in [3.05, 3.63) is 72.3 Å². The number of aliphatic hydroxyl groups is 3. The normalized spacial score (nSPS) is 19.7. The van der Waals surface area contributed by atoms with Gasteiger partial charge >= 0.3 is 6.09 Å². The molecule has 4 atom stereocenters. The number of hydrogen-bond donors (Lipinski definition) is 5. The molecule has 1 aliphatic rings. The van der Waals surface area contributed by atoms with Crippen molar-refractivity contribution < 1.29 is 43.9 Å². The van der Waals surface area contributed by atoms with Gasteiger partial charge in [0.2, 0.25) is 12.2 Å². The summed E-state index contributed by atoms with van der Waals surface area (Å²) >= 11 is 0. The molecule has 0 spiro atoms. The minimum Gasteiger partial charge on any atom is -0.462 e. The Labute approximate surface area is 270 Å². The molecule has 1 heterocycles. The van der Waals surface area contributed by atoms with Gasteiger partial charge in [0.05, 0.1) is 6.61 Å². The fourth-order valence-electron chi connectivity index (χ4n) is 4.65. The van der Waals surface area contributed by atoms with Crippen LogP contribution in [-0.2, 0) is 14.3 Å². The molecule has 0 saturated carbocycles. The van der Waals surface area contributed by atoms with E-state index in [1.54, 1.807) is 62.1 Å². The van der Waals surface area contributed by atoms with E-state index in [9.17, 15) is 29.7 Å². The standard InChI is InChI=1S/C34H47N3O9/c1-23-29(40)27(22-38)45-32(30(23)41)44-26-16-14-25(15-17-26)36-28(39)18-21-37(33(43)46-34(2,3)4)20-11-6-5-10-19-35-31(42)24-12-8-7-9-13-24/h7-9,12-17,27,29-30,32,38,40-41H,1,5-6,10-11,18-22H2,2-4H3,(H,35,42)(H,36,39)/t27-,29+,30-,32+/m1/s1. The van der Waals surface area contributed by atoms with Crippen molar-refractivity contribution >= 4 is 23.6 Å². The van der Waals surface area contributed by atoms with Crippen molar-refractivity contribution in [2.75, 3.05) is 31.6 Å². The molecule has 5 N–H and O–H groups in total. The van der Waals surface area contributed by atoms with Gasteiger partial charge in [0, 0.05) is 37.3 Å². The number of amides is 3. The molecular formula is C34H47N3O9. The van der Waals surface area contributed by atoms with Crippen LogP contribution in [0.25, 0.3) is 0 Å². The molecule has 3 rings (SSSR count). The maximum absolute atomic E-state index is 12.9. The van der Waals surface area contributed by atoms with Gasteiger partial charge in [-0.3, -0.25) is 9.59 Å². The van der Waals surface area contributed by atoms with Crippen molar-refractivity contribution in [2.24, 2.45) is 0 Å². The van der Waals surface area contributed by atoms with Crippen LogP contribution >= 0.6 is 0 Å². The van der Waals surface area contributed by atoms with E-state index in [0.717, 1.165) is 25.7 Å². The van der Waals surface area contributed by atoms with E-state index in [0.29, 0.717) is 30.1 Å². The molecule has 3 amide bonds. The zero-order valence-electron chi connectivity index (χ0n) is 26.8. The molecule has 2 aromatic carbocycles. The number of rotatable bonds is 15. The summed E-state index contributed by atoms with van der Waals surface area (Å²) in [6.07, 6.45) is -1.83. The molecule has 252 valence electrons. The summed E-state index contributed by atoms with van der Waals surface area (Å²) in [7, 11) is 0. The smallest absolute Gasteiger partial charge is 0.410 e. The van der Waals surface area contributed by atoms with Crippen LogP contribution in [-0.4, -0.2) is 94.6 Å². The quantitative estimate of drug-likeness (QED) is 0.144. The Kier molecular flexibility index (Phi) is 14.0. The van der Waals surface area contributed by atoms with Gasteiger partial charge in [-0.2, -0.15) is 0 Å². The van der Waals surface area contributed by atoms with Gasteiger partial charge in [0.25, 0.3) is 5.91 Å². The van der Waals surface area contributed by atoms with E-state index in [-0.39, 0.29) is 30.4 Å². The minimum atomic E-state index is -1.29. The number of anilines is 1. The summed E-state index contributed by atoms with van der Waals surface area (Å²) in [5, 5.41) is 35.5. The van der Waals surface area contributed by atoms with Crippen LogP contribution < -0.4 is 15.4 Å². The molecule has 1 saturated heterocycles. The summed E-state index contributed by atoms with van der Waals surface area (Å²) in [6, 6.07) is 15.4. The van der Waals surface area contributed by atoms with Crippen LogP contribution in [0.4, 0.5) is 10.5 Å². The van der Waals surface area contributed by atoms with Crippen molar-refractivity contribution in [1.82, 2.24) is 10.2 Å². The highest BCUT2D eigenvalue weighted by Gasteiger charge is 2.40. The molecule has 1 aliphatic heterocycles. The lowest BCUT2D eigenvalue weighted by atomic mass is 9.97. The number of carbonyl (C=O) groups excluding carboxylic acids is 3. The number of benzene rings is 2. The molecule has 0 aliphatic carbocycles. The largest absolute Gasteiger partial charge is 0.462 e. The Balaban J connectivity index is 1.43. The number of unbranched alkanes of at least 4 members (excludes halogenated alkanes) is 3. The van der Waals surface area contributed by atoms with Crippen molar-refractivity contribution in [1.29, 1.82) is 0 Å². The lowest BCUT2D eigenvalue weighted by Gasteiger charge is -2.37. The van der Waals surface area contributed by atoms with E-state index < -0.39 is 42.9 Å². The second kappa shape index (κ2) is 17.7. The summed E-state index contributed by atoms with van der Waals surface area (Å²) in [6.45, 7) is 9.72. The SMILES string of the molecule is C=C1[C@@H](O)[C@@H](Oc2ccc(NC(=O)CCN(CCCCCCNC(=O)c3ccccc3)C(=O)OC(C)(C)C)cc2)O[C@H](CO)[C@H]1O. The number of nitrogens with zero attached hydrogens (tertiary/aromatic N) is 1. The van der Waals surface area contributed by atoms with Gasteiger partial charge in [0.15, 0.2) is 0 Å². The van der Waals surface area contributed by atoms with E-state index >= 15 is 0 Å². The van der Waals surface area contributed by atoms with Gasteiger partial charge in [-0.05, 0) is 75.6 Å². The van der Waals surface area contributed by atoms with Crippen molar-refractivity contribution in [3.8, 4) is 5.75 Å². The van der Waals surface area contributed by atoms with Crippen LogP contribution in [0.1, 0.15) is 63.2 Å². The van der Waals surface area contributed by atoms with Gasteiger partial charge in [-0.15, -0.1) is 0 Å². The first kappa shape index (κ1) is 36.5. The molecule has 0 radical (unpaired) electrons. The Morgan fingerprint density at radius 1 is 0.935 bits per heavy atom. The maximum atomic E-state index is 12.9. The topological polar surface area (TPSA) is 167 Å². The molecule has 2 aromatic rings. The van der Waals surface area contributed by atoms with Gasteiger partial charge < -0.3 is 45.1 Å². The van der Waals surface area contributed by atoms with Crippen LogP contribution in [0, 0.1) is 0 Å². The summed E-state index contributed by atoms with van der Waals surface area (Å²) in [5.41, 5.74) is 0.536. The van der Waals surface area contributed by atoms with E-state index in [2.05, 4.69) is 17.2 Å². The predicted molar refractivity (Wildman–Crippen MR) is 172 cm³/mol. The molecule has 0 unspecified atom stereocenters. The van der Waals surface area contributed by atoms with Crippen LogP contribution in [0.5, 0.6) is 5.75 Å². The Hall–Kier alpha value is -3.97. The third-order valence-corrected chi connectivity index (χ3v) is 7.19. The van der Waals surface area contributed by atoms with Crippen molar-refractivity contribution in [3.63, 3.8) is 0 Å². The van der Waals surface area contributed by atoms with Gasteiger partial charge in [-0.25, -0.2) is 4.79 Å². The second-order valence-corrected chi connectivity index (χ2v) is 12.1. The van der Waals surface area contributed by atoms with Crippen LogP contribution in [0.15, 0.2) is 66.7 Å². The number of hydrogen-bond acceptors (Lipinski definition) is 9. The Bertz CT molecular complexity index is 1280. The van der Waals surface area contributed by atoms with E-state index in [1.165, 1.54) is 0 Å². The minimum absolute atomic E-state index is 0.0537. The average Bonchev–Trinajstić information content (AvgIpc) is 3.02. The molecule has 46 heavy (non-hydrogen) atoms. The number of nitrogens with one attached hydrogen (secondary N) is 2. The highest BCUT2D eigenvalue weighted by molar-refractivity contribution is 5.94. The van der Waals surface area contributed by atoms with Gasteiger partial charge in [0.1, 0.15) is 29.7 Å². The highest BCUT2D eigenvalue weighted by atomic mass is 16.7. The predicted octanol–water partition coefficient (Wildman–Crippen LogP) is 3.62. The van der Waals surface area contributed by atoms with Crippen LogP contribution in [0.2, 0.25) is 0 Å². The van der Waals surface area contributed by atoms with Crippen molar-refractivity contribution in [2.45, 2.75) is 83.1 Å². The summed E-state index contributed by atoms with van der Waals surface area (Å²) in [4.78, 5) is 39.3. The lowest BCUT2D eigenvalue weighted by Crippen LogP contribution is -2.52. The number of carbonyl (C=O) groups is 3. The molecular weight excluding hydrogens is 594 g/mol. The fourth-order valence-corrected chi connectivity index (χ4v) is 4.65.